The van der Waals surface area contributed by atoms with E-state index < -0.39 is 0 Å². The lowest BCUT2D eigenvalue weighted by molar-refractivity contribution is 1.23. The van der Waals surface area contributed by atoms with Gasteiger partial charge in [-0.2, -0.15) is 0 Å². The molecule has 4 nitrogen and oxygen atoms in total. The molecule has 0 aliphatic rings. The molecule has 0 unspecified atom stereocenters. The van der Waals surface area contributed by atoms with E-state index in [0.717, 1.165) is 87.1 Å². The molecule has 0 saturated carbocycles. The van der Waals surface area contributed by atoms with Crippen molar-refractivity contribution in [1.82, 2.24) is 19.9 Å². The van der Waals surface area contributed by atoms with Gasteiger partial charge in [0.05, 0.1) is 11.4 Å². The first-order valence-corrected chi connectivity index (χ1v) is 22.3. The molecule has 4 aromatic heterocycles. The van der Waals surface area contributed by atoms with Crippen molar-refractivity contribution >= 4 is 63.3 Å². The van der Waals surface area contributed by atoms with Gasteiger partial charge in [-0.05, 0) is 57.6 Å². The Balaban J connectivity index is 1.05. The van der Waals surface area contributed by atoms with Gasteiger partial charge in [0.15, 0.2) is 11.6 Å². The lowest BCUT2D eigenvalue weighted by atomic mass is 9.94. The van der Waals surface area contributed by atoms with Crippen molar-refractivity contribution < 1.29 is 0 Å². The van der Waals surface area contributed by atoms with E-state index in [1.807, 2.05) is 0 Å². The Morgan fingerprint density at radius 1 is 0.274 bits per heavy atom. The van der Waals surface area contributed by atoms with E-state index in [1.165, 1.54) is 20.5 Å². The summed E-state index contributed by atoms with van der Waals surface area (Å²) in [6.07, 6.45) is 0. The normalized spacial score (nSPS) is 11.5. The minimum Gasteiger partial charge on any atom is -0.227 e. The summed E-state index contributed by atoms with van der Waals surface area (Å²) in [5.41, 5.74) is 12.5. The Morgan fingerprint density at radius 3 is 1.08 bits per heavy atom. The van der Waals surface area contributed by atoms with Crippen LogP contribution in [-0.4, -0.2) is 19.9 Å². The topological polar surface area (TPSA) is 51.6 Å². The summed E-state index contributed by atoms with van der Waals surface area (Å²) >= 11 is 3.43. The van der Waals surface area contributed by atoms with Crippen molar-refractivity contribution in [3.05, 3.63) is 206 Å². The molecule has 0 aliphatic heterocycles. The highest BCUT2D eigenvalue weighted by Gasteiger charge is 2.22. The zero-order valence-electron chi connectivity index (χ0n) is 33.2. The van der Waals surface area contributed by atoms with Crippen LogP contribution in [0.25, 0.3) is 119 Å². The number of benzene rings is 8. The lowest BCUT2D eigenvalue weighted by Gasteiger charge is -2.15. The largest absolute Gasteiger partial charge is 0.227 e. The monoisotopic (exact) mass is 826 g/mol. The fraction of sp³-hybridized carbons (Fsp3) is 0. The summed E-state index contributed by atoms with van der Waals surface area (Å²) in [6.45, 7) is 0. The van der Waals surface area contributed by atoms with E-state index in [1.54, 1.807) is 22.7 Å². The first-order valence-electron chi connectivity index (χ1n) is 20.6. The van der Waals surface area contributed by atoms with Gasteiger partial charge in [0, 0.05) is 53.2 Å². The summed E-state index contributed by atoms with van der Waals surface area (Å²) in [5.74, 6) is 1.35. The minimum absolute atomic E-state index is 0.675. The molecule has 0 amide bonds. The van der Waals surface area contributed by atoms with E-state index in [0.29, 0.717) is 11.6 Å². The minimum atomic E-state index is 0.675. The van der Waals surface area contributed by atoms with Crippen molar-refractivity contribution in [2.24, 2.45) is 0 Å². The van der Waals surface area contributed by atoms with E-state index in [9.17, 15) is 0 Å². The van der Waals surface area contributed by atoms with Gasteiger partial charge in [0.2, 0.25) is 0 Å². The molecular weight excluding hydrogens is 793 g/mol. The van der Waals surface area contributed by atoms with Gasteiger partial charge in [0.25, 0.3) is 0 Å². The molecule has 0 bridgehead atoms. The van der Waals surface area contributed by atoms with Gasteiger partial charge in [-0.3, -0.25) is 0 Å². The zero-order valence-corrected chi connectivity index (χ0v) is 34.9. The van der Waals surface area contributed by atoms with Crippen LogP contribution >= 0.6 is 22.7 Å². The van der Waals surface area contributed by atoms with Crippen LogP contribution in [0.2, 0.25) is 0 Å². The number of rotatable bonds is 7. The highest BCUT2D eigenvalue weighted by Crippen LogP contribution is 2.45. The summed E-state index contributed by atoms with van der Waals surface area (Å²) in [6, 6.07) is 72.6. The van der Waals surface area contributed by atoms with Crippen molar-refractivity contribution in [1.29, 1.82) is 0 Å². The number of thiophene rings is 2. The first-order chi connectivity index (χ1) is 30.7. The summed E-state index contributed by atoms with van der Waals surface area (Å²) in [7, 11) is 0. The van der Waals surface area contributed by atoms with Crippen LogP contribution in [0.15, 0.2) is 206 Å². The molecule has 12 rings (SSSR count). The Morgan fingerprint density at radius 2 is 0.629 bits per heavy atom. The smallest absolute Gasteiger partial charge is 0.162 e. The molecule has 0 aliphatic carbocycles. The molecule has 0 N–H and O–H groups in total. The van der Waals surface area contributed by atoms with Crippen LogP contribution < -0.4 is 0 Å². The molecule has 8 aromatic carbocycles. The van der Waals surface area contributed by atoms with Gasteiger partial charge < -0.3 is 0 Å². The fourth-order valence-corrected chi connectivity index (χ4v) is 10.8. The van der Waals surface area contributed by atoms with Gasteiger partial charge in [-0.25, -0.2) is 19.9 Å². The van der Waals surface area contributed by atoms with Crippen molar-refractivity contribution in [2.45, 2.75) is 0 Å². The third-order valence-corrected chi connectivity index (χ3v) is 13.7. The Kier molecular flexibility index (Phi) is 8.84. The second-order valence-corrected chi connectivity index (χ2v) is 17.4. The first kappa shape index (κ1) is 36.2. The fourth-order valence-electron chi connectivity index (χ4n) is 8.68. The maximum absolute atomic E-state index is 5.51. The molecular formula is C56H34N4S2. The summed E-state index contributed by atoms with van der Waals surface area (Å²) in [4.78, 5) is 23.7. The standard InChI is InChI=1S/C56H34N4S2/c1-3-17-35(18-4-1)37-21-15-23-39(33-37)51-49-45-29-11-13-31-47(45)61-55(49)59-53(57-51)43-27-9-7-25-41(43)42-26-8-10-28-44(42)54-58-52(50-46-30-12-14-32-48(46)62-56(50)60-54)40-24-16-22-38(34-40)36-19-5-2-6-20-36/h1-34H. The molecule has 0 fully saturated rings. The maximum atomic E-state index is 5.51. The second-order valence-electron chi connectivity index (χ2n) is 15.3. The highest BCUT2D eigenvalue weighted by atomic mass is 32.1. The number of hydrogen-bond acceptors (Lipinski definition) is 6. The van der Waals surface area contributed by atoms with Crippen LogP contribution in [0.1, 0.15) is 0 Å². The Labute approximate surface area is 366 Å². The molecule has 0 saturated heterocycles. The van der Waals surface area contributed by atoms with E-state index in [2.05, 4.69) is 206 Å². The van der Waals surface area contributed by atoms with Gasteiger partial charge in [-0.15, -0.1) is 22.7 Å². The predicted octanol–water partition coefficient (Wildman–Crippen LogP) is 15.7. The molecule has 0 atom stereocenters. The van der Waals surface area contributed by atoms with Gasteiger partial charge >= 0.3 is 0 Å². The van der Waals surface area contributed by atoms with Crippen LogP contribution in [0.3, 0.4) is 0 Å². The molecule has 290 valence electrons. The predicted molar refractivity (Wildman–Crippen MR) is 261 cm³/mol. The third-order valence-electron chi connectivity index (χ3n) is 11.6. The van der Waals surface area contributed by atoms with E-state index >= 15 is 0 Å². The van der Waals surface area contributed by atoms with Crippen molar-refractivity contribution in [3.8, 4) is 78.7 Å². The van der Waals surface area contributed by atoms with Crippen LogP contribution in [0.5, 0.6) is 0 Å². The van der Waals surface area contributed by atoms with E-state index in [-0.39, 0.29) is 0 Å². The number of aromatic nitrogens is 4. The number of hydrogen-bond donors (Lipinski definition) is 0. The average Bonchev–Trinajstić information content (AvgIpc) is 3.92. The average molecular weight is 827 g/mol. The van der Waals surface area contributed by atoms with Crippen LogP contribution in [-0.2, 0) is 0 Å². The SMILES string of the molecule is c1ccc(-c2cccc(-c3nc(-c4ccccc4-c4ccccc4-c4nc(-c5cccc(-c6ccccc6)c5)c5c(n4)sc4ccccc45)nc4sc5ccccc5c34)c2)cc1. The molecule has 0 spiro atoms. The number of fused-ring (bicyclic) bond motifs is 6. The highest BCUT2D eigenvalue weighted by molar-refractivity contribution is 7.26. The van der Waals surface area contributed by atoms with E-state index in [4.69, 9.17) is 19.9 Å². The quantitative estimate of drug-likeness (QED) is 0.161. The Hall–Kier alpha value is -7.64. The maximum Gasteiger partial charge on any atom is 0.162 e. The summed E-state index contributed by atoms with van der Waals surface area (Å²) < 4.78 is 2.37. The third kappa shape index (κ3) is 6.28. The second kappa shape index (κ2) is 15.1. The lowest BCUT2D eigenvalue weighted by Crippen LogP contribution is -1.98. The Bertz CT molecular complexity index is 3410. The molecule has 0 radical (unpaired) electrons. The van der Waals surface area contributed by atoms with Gasteiger partial charge in [0.1, 0.15) is 9.66 Å². The summed E-state index contributed by atoms with van der Waals surface area (Å²) in [5, 5.41) is 4.48. The molecule has 4 heterocycles. The molecule has 12 aromatic rings. The van der Waals surface area contributed by atoms with Crippen LogP contribution in [0, 0.1) is 0 Å². The van der Waals surface area contributed by atoms with Crippen LogP contribution in [0.4, 0.5) is 0 Å². The van der Waals surface area contributed by atoms with Gasteiger partial charge in [-0.1, -0.05) is 182 Å². The van der Waals surface area contributed by atoms with Crippen molar-refractivity contribution in [2.75, 3.05) is 0 Å². The zero-order chi connectivity index (χ0) is 41.0. The molecule has 62 heavy (non-hydrogen) atoms. The number of nitrogens with zero attached hydrogens (tertiary/aromatic N) is 4. The van der Waals surface area contributed by atoms with Crippen molar-refractivity contribution in [3.63, 3.8) is 0 Å². The molecule has 6 heteroatoms.